The third kappa shape index (κ3) is 8.98. The number of nitrogens with one attached hydrogen (secondary N) is 3. The minimum absolute atomic E-state index is 0.0119. The van der Waals surface area contributed by atoms with Crippen LogP contribution in [0.25, 0.3) is 10.6 Å². The molecule has 13 heteroatoms. The van der Waals surface area contributed by atoms with E-state index in [1.165, 1.54) is 23.6 Å². The fraction of sp³-hybridized carbons (Fsp3) is 0.391. The number of esters is 1. The van der Waals surface area contributed by atoms with E-state index in [9.17, 15) is 24.0 Å². The van der Waals surface area contributed by atoms with E-state index in [0.717, 1.165) is 6.92 Å². The highest BCUT2D eigenvalue weighted by Crippen LogP contribution is 2.25. The first-order valence-electron chi connectivity index (χ1n) is 10.8. The van der Waals surface area contributed by atoms with E-state index in [1.807, 2.05) is 0 Å². The summed E-state index contributed by atoms with van der Waals surface area (Å²) < 4.78 is 10.0. The van der Waals surface area contributed by atoms with E-state index in [4.69, 9.17) is 14.6 Å². The SMILES string of the molecule is CC(=O)OC[C@H](NC(=O)c1csc(-c2ccc(NC(=O)OC(C)(C)C)cc2)n1)C(=O)N[C@@H](C)C(=O)O. The Morgan fingerprint density at radius 1 is 1.08 bits per heavy atom. The normalized spacial score (nSPS) is 12.6. The zero-order valence-electron chi connectivity index (χ0n) is 20.4. The second kappa shape index (κ2) is 12.1. The Bertz CT molecular complexity index is 1120. The minimum Gasteiger partial charge on any atom is -0.480 e. The number of amides is 3. The van der Waals surface area contributed by atoms with Crippen molar-refractivity contribution in [3.63, 3.8) is 0 Å². The summed E-state index contributed by atoms with van der Waals surface area (Å²) in [4.78, 5) is 63.5. The van der Waals surface area contributed by atoms with Crippen molar-refractivity contribution >= 4 is 46.9 Å². The second-order valence-electron chi connectivity index (χ2n) is 8.64. The van der Waals surface area contributed by atoms with Crippen LogP contribution in [0.5, 0.6) is 0 Å². The number of hydrogen-bond acceptors (Lipinski definition) is 9. The van der Waals surface area contributed by atoms with Gasteiger partial charge in [0.1, 0.15) is 35.0 Å². The molecule has 3 amide bonds. The van der Waals surface area contributed by atoms with Gasteiger partial charge in [-0.2, -0.15) is 0 Å². The number of aliphatic carboxylic acids is 1. The summed E-state index contributed by atoms with van der Waals surface area (Å²) in [7, 11) is 0. The van der Waals surface area contributed by atoms with Crippen LogP contribution < -0.4 is 16.0 Å². The van der Waals surface area contributed by atoms with Crippen molar-refractivity contribution in [3.8, 4) is 10.6 Å². The summed E-state index contributed by atoms with van der Waals surface area (Å²) in [5.41, 5.74) is 0.572. The fourth-order valence-corrected chi connectivity index (χ4v) is 3.43. The van der Waals surface area contributed by atoms with Gasteiger partial charge in [0.2, 0.25) is 5.91 Å². The molecule has 0 saturated heterocycles. The Labute approximate surface area is 211 Å². The van der Waals surface area contributed by atoms with Crippen LogP contribution in [-0.4, -0.2) is 64.2 Å². The monoisotopic (exact) mass is 520 g/mol. The third-order valence-electron chi connectivity index (χ3n) is 4.32. The van der Waals surface area contributed by atoms with Gasteiger partial charge in [0.25, 0.3) is 5.91 Å². The van der Waals surface area contributed by atoms with Crippen molar-refractivity contribution in [2.75, 3.05) is 11.9 Å². The lowest BCUT2D eigenvalue weighted by Crippen LogP contribution is -2.53. The number of carboxylic acids is 1. The molecule has 0 saturated carbocycles. The van der Waals surface area contributed by atoms with Crippen molar-refractivity contribution in [2.24, 2.45) is 0 Å². The molecular formula is C23H28N4O8S. The molecule has 1 aromatic heterocycles. The number of carbonyl (C=O) groups is 5. The van der Waals surface area contributed by atoms with Crippen LogP contribution in [0.2, 0.25) is 0 Å². The Morgan fingerprint density at radius 2 is 1.72 bits per heavy atom. The third-order valence-corrected chi connectivity index (χ3v) is 5.21. The maximum Gasteiger partial charge on any atom is 0.412 e. The van der Waals surface area contributed by atoms with Gasteiger partial charge in [0.05, 0.1) is 0 Å². The quantitative estimate of drug-likeness (QED) is 0.362. The smallest absolute Gasteiger partial charge is 0.412 e. The predicted molar refractivity (Wildman–Crippen MR) is 131 cm³/mol. The number of benzene rings is 1. The Balaban J connectivity index is 2.08. The molecule has 0 aliphatic heterocycles. The Morgan fingerprint density at radius 3 is 2.28 bits per heavy atom. The number of aromatic nitrogens is 1. The van der Waals surface area contributed by atoms with E-state index >= 15 is 0 Å². The van der Waals surface area contributed by atoms with Crippen LogP contribution in [0.1, 0.15) is 45.1 Å². The van der Waals surface area contributed by atoms with Crippen molar-refractivity contribution < 1.29 is 38.6 Å². The summed E-state index contributed by atoms with van der Waals surface area (Å²) in [5, 5.41) is 18.2. The highest BCUT2D eigenvalue weighted by atomic mass is 32.1. The van der Waals surface area contributed by atoms with Gasteiger partial charge in [-0.3, -0.25) is 24.5 Å². The number of thiazole rings is 1. The van der Waals surface area contributed by atoms with E-state index < -0.39 is 54.1 Å². The van der Waals surface area contributed by atoms with Gasteiger partial charge < -0.3 is 25.2 Å². The molecular weight excluding hydrogens is 492 g/mol. The Kier molecular flexibility index (Phi) is 9.50. The first-order valence-corrected chi connectivity index (χ1v) is 11.7. The zero-order chi connectivity index (χ0) is 27.0. The summed E-state index contributed by atoms with van der Waals surface area (Å²) in [6.07, 6.45) is -0.589. The van der Waals surface area contributed by atoms with Crippen LogP contribution in [0, 0.1) is 0 Å². The fourth-order valence-electron chi connectivity index (χ4n) is 2.62. The van der Waals surface area contributed by atoms with Gasteiger partial charge in [-0.1, -0.05) is 0 Å². The van der Waals surface area contributed by atoms with Gasteiger partial charge in [-0.25, -0.2) is 9.78 Å². The van der Waals surface area contributed by atoms with Crippen LogP contribution >= 0.6 is 11.3 Å². The van der Waals surface area contributed by atoms with Gasteiger partial charge in [0.15, 0.2) is 0 Å². The summed E-state index contributed by atoms with van der Waals surface area (Å²) in [5.74, 6) is -3.48. The van der Waals surface area contributed by atoms with Gasteiger partial charge in [-0.15, -0.1) is 11.3 Å². The molecule has 0 fully saturated rings. The standard InChI is InChI=1S/C23H28N4O8S/c1-12(21(31)32)24-18(29)16(10-34-13(2)28)26-19(30)17-11-36-20(27-17)14-6-8-15(9-7-14)25-22(33)35-23(3,4)5/h6-9,11-12,16H,10H2,1-5H3,(H,24,29)(H,25,33)(H,26,30)(H,31,32)/t12-,16-/m0/s1. The molecule has 4 N–H and O–H groups in total. The highest BCUT2D eigenvalue weighted by Gasteiger charge is 2.26. The second-order valence-corrected chi connectivity index (χ2v) is 9.50. The average molecular weight is 521 g/mol. The van der Waals surface area contributed by atoms with Crippen LogP contribution in [0.3, 0.4) is 0 Å². The lowest BCUT2D eigenvalue weighted by molar-refractivity contribution is -0.145. The predicted octanol–water partition coefficient (Wildman–Crippen LogP) is 2.41. The molecule has 194 valence electrons. The molecule has 1 heterocycles. The van der Waals surface area contributed by atoms with Gasteiger partial charge in [0, 0.05) is 23.6 Å². The number of ether oxygens (including phenoxy) is 2. The largest absolute Gasteiger partial charge is 0.480 e. The maximum absolute atomic E-state index is 12.7. The van der Waals surface area contributed by atoms with Crippen LogP contribution in [0.15, 0.2) is 29.6 Å². The van der Waals surface area contributed by atoms with Crippen molar-refractivity contribution in [2.45, 2.75) is 52.3 Å². The topological polar surface area (TPSA) is 173 Å². The Hall–Kier alpha value is -4.00. The zero-order valence-corrected chi connectivity index (χ0v) is 21.2. The molecule has 2 aromatic rings. The number of hydrogen-bond donors (Lipinski definition) is 4. The van der Waals surface area contributed by atoms with Crippen LogP contribution in [-0.2, 0) is 23.9 Å². The first-order chi connectivity index (χ1) is 16.7. The van der Waals surface area contributed by atoms with Gasteiger partial charge in [-0.05, 0) is 52.0 Å². The average Bonchev–Trinajstić information content (AvgIpc) is 3.25. The number of nitrogens with zero attached hydrogens (tertiary/aromatic N) is 1. The molecule has 0 bridgehead atoms. The van der Waals surface area contributed by atoms with Crippen molar-refractivity contribution in [1.29, 1.82) is 0 Å². The van der Waals surface area contributed by atoms with E-state index in [0.29, 0.717) is 16.3 Å². The van der Waals surface area contributed by atoms with Crippen LogP contribution in [0.4, 0.5) is 10.5 Å². The van der Waals surface area contributed by atoms with E-state index in [2.05, 4.69) is 20.9 Å². The highest BCUT2D eigenvalue weighted by molar-refractivity contribution is 7.13. The summed E-state index contributed by atoms with van der Waals surface area (Å²) in [6, 6.07) is 4.18. The molecule has 0 unspecified atom stereocenters. The number of rotatable bonds is 9. The molecule has 0 aliphatic rings. The van der Waals surface area contributed by atoms with E-state index in [-0.39, 0.29) is 5.69 Å². The first kappa shape index (κ1) is 28.2. The lowest BCUT2D eigenvalue weighted by atomic mass is 10.2. The lowest BCUT2D eigenvalue weighted by Gasteiger charge is -2.19. The molecule has 12 nitrogen and oxygen atoms in total. The number of anilines is 1. The molecule has 2 rings (SSSR count). The summed E-state index contributed by atoms with van der Waals surface area (Å²) in [6.45, 7) is 7.18. The molecule has 0 spiro atoms. The summed E-state index contributed by atoms with van der Waals surface area (Å²) >= 11 is 1.18. The van der Waals surface area contributed by atoms with Gasteiger partial charge >= 0.3 is 18.0 Å². The van der Waals surface area contributed by atoms with Crippen molar-refractivity contribution in [1.82, 2.24) is 15.6 Å². The molecule has 36 heavy (non-hydrogen) atoms. The maximum atomic E-state index is 12.7. The number of carbonyl (C=O) groups excluding carboxylic acids is 4. The minimum atomic E-state index is -1.33. The van der Waals surface area contributed by atoms with E-state index in [1.54, 1.807) is 45.0 Å². The molecule has 1 aromatic carbocycles. The molecule has 0 aliphatic carbocycles. The number of carboxylic acid groups (broad SMARTS) is 1. The van der Waals surface area contributed by atoms with Crippen molar-refractivity contribution in [3.05, 3.63) is 35.3 Å². The molecule has 0 radical (unpaired) electrons. The molecule has 2 atom stereocenters.